The molecule has 2 heteroatoms. The number of hydrogen-bond acceptors (Lipinski definition) is 2. The third-order valence-corrected chi connectivity index (χ3v) is 2.44. The van der Waals surface area contributed by atoms with E-state index >= 15 is 0 Å². The van der Waals surface area contributed by atoms with Crippen LogP contribution in [-0.2, 0) is 0 Å². The van der Waals surface area contributed by atoms with E-state index in [1.807, 2.05) is 0 Å². The molecule has 1 aliphatic heterocycles. The Morgan fingerprint density at radius 1 is 1.36 bits per heavy atom. The topological polar surface area (TPSA) is 32.3 Å². The largest absolute Gasteiger partial charge is 0.391 e. The van der Waals surface area contributed by atoms with Crippen molar-refractivity contribution in [1.29, 1.82) is 0 Å². The maximum absolute atomic E-state index is 9.69. The third kappa shape index (κ3) is 2.46. The van der Waals surface area contributed by atoms with E-state index in [1.54, 1.807) is 0 Å². The van der Waals surface area contributed by atoms with E-state index in [0.29, 0.717) is 12.0 Å². The second-order valence-corrected chi connectivity index (χ2v) is 3.79. The molecule has 1 rings (SSSR count). The van der Waals surface area contributed by atoms with E-state index < -0.39 is 0 Å². The van der Waals surface area contributed by atoms with Crippen LogP contribution in [0.15, 0.2) is 0 Å². The predicted octanol–water partition coefficient (Wildman–Crippen LogP) is 1.15. The summed E-state index contributed by atoms with van der Waals surface area (Å²) in [4.78, 5) is 0. The molecule has 1 saturated heterocycles. The Balaban J connectivity index is 2.32. The number of hydrogen-bond donors (Lipinski definition) is 2. The Kier molecular flexibility index (Phi) is 3.34. The molecule has 0 spiro atoms. The molecule has 0 saturated carbocycles. The number of aliphatic hydroxyl groups is 1. The summed E-state index contributed by atoms with van der Waals surface area (Å²) in [5.41, 5.74) is 0. The van der Waals surface area contributed by atoms with Gasteiger partial charge < -0.3 is 10.4 Å². The number of piperidine rings is 1. The van der Waals surface area contributed by atoms with E-state index in [1.165, 1.54) is 12.8 Å². The molecule has 0 aromatic carbocycles. The normalized spacial score (nSPS) is 28.9. The average molecular weight is 157 g/mol. The number of aliphatic hydroxyl groups excluding tert-OH is 1. The zero-order valence-corrected chi connectivity index (χ0v) is 7.51. The molecule has 0 bridgehead atoms. The second kappa shape index (κ2) is 4.07. The smallest absolute Gasteiger partial charge is 0.0715 e. The molecule has 66 valence electrons. The van der Waals surface area contributed by atoms with E-state index in [0.717, 1.165) is 13.0 Å². The molecule has 2 N–H and O–H groups in total. The molecule has 2 nitrogen and oxygen atoms in total. The number of nitrogens with one attached hydrogen (secondary N) is 1. The zero-order valence-electron chi connectivity index (χ0n) is 7.51. The Morgan fingerprint density at radius 2 is 2.09 bits per heavy atom. The summed E-state index contributed by atoms with van der Waals surface area (Å²) in [6.45, 7) is 5.22. The van der Waals surface area contributed by atoms with Crippen LogP contribution in [0.25, 0.3) is 0 Å². The highest BCUT2D eigenvalue weighted by Gasteiger charge is 2.22. The molecule has 0 aliphatic carbocycles. The molecule has 1 heterocycles. The van der Waals surface area contributed by atoms with Crippen LogP contribution in [0.3, 0.4) is 0 Å². The SMILES string of the molecule is CC(C)C(O)[C@@H]1CCCCN1. The van der Waals surface area contributed by atoms with Gasteiger partial charge in [0.2, 0.25) is 0 Å². The van der Waals surface area contributed by atoms with Gasteiger partial charge in [-0.2, -0.15) is 0 Å². The molecule has 0 amide bonds. The Bertz CT molecular complexity index is 108. The molecular weight excluding hydrogens is 138 g/mol. The van der Waals surface area contributed by atoms with Crippen LogP contribution in [0, 0.1) is 5.92 Å². The monoisotopic (exact) mass is 157 g/mol. The minimum Gasteiger partial charge on any atom is -0.391 e. The van der Waals surface area contributed by atoms with Gasteiger partial charge in [0.1, 0.15) is 0 Å². The fourth-order valence-electron chi connectivity index (χ4n) is 1.63. The summed E-state index contributed by atoms with van der Waals surface area (Å²) in [6, 6.07) is 0.351. The van der Waals surface area contributed by atoms with Gasteiger partial charge in [0.25, 0.3) is 0 Å². The first-order chi connectivity index (χ1) is 5.22. The maximum Gasteiger partial charge on any atom is 0.0715 e. The fraction of sp³-hybridized carbons (Fsp3) is 1.00. The van der Waals surface area contributed by atoms with Crippen LogP contribution in [0.2, 0.25) is 0 Å². The van der Waals surface area contributed by atoms with Gasteiger partial charge in [0, 0.05) is 6.04 Å². The molecule has 2 atom stereocenters. The summed E-state index contributed by atoms with van der Waals surface area (Å²) >= 11 is 0. The lowest BCUT2D eigenvalue weighted by molar-refractivity contribution is 0.0721. The Hall–Kier alpha value is -0.0800. The van der Waals surface area contributed by atoms with E-state index in [2.05, 4.69) is 19.2 Å². The minimum absolute atomic E-state index is 0.157. The first-order valence-electron chi connectivity index (χ1n) is 4.63. The summed E-state index contributed by atoms with van der Waals surface area (Å²) in [6.07, 6.45) is 3.51. The predicted molar refractivity (Wildman–Crippen MR) is 46.5 cm³/mol. The van der Waals surface area contributed by atoms with Crippen LogP contribution in [-0.4, -0.2) is 23.8 Å². The van der Waals surface area contributed by atoms with Gasteiger partial charge in [-0.05, 0) is 25.3 Å². The van der Waals surface area contributed by atoms with Gasteiger partial charge in [-0.3, -0.25) is 0 Å². The lowest BCUT2D eigenvalue weighted by atomic mass is 9.93. The van der Waals surface area contributed by atoms with Crippen molar-refractivity contribution < 1.29 is 5.11 Å². The van der Waals surface area contributed by atoms with Gasteiger partial charge in [-0.1, -0.05) is 20.3 Å². The van der Waals surface area contributed by atoms with Crippen molar-refractivity contribution in [3.8, 4) is 0 Å². The first kappa shape index (κ1) is 9.01. The summed E-state index contributed by atoms with van der Waals surface area (Å²) in [5.74, 6) is 0.380. The van der Waals surface area contributed by atoms with E-state index in [4.69, 9.17) is 0 Å². The standard InChI is InChI=1S/C9H19NO/c1-7(2)9(11)8-5-3-4-6-10-8/h7-11H,3-6H2,1-2H3/t8-,9?/m0/s1. The van der Waals surface area contributed by atoms with E-state index in [-0.39, 0.29) is 6.10 Å². The van der Waals surface area contributed by atoms with Crippen LogP contribution in [0.1, 0.15) is 33.1 Å². The molecule has 1 aliphatic rings. The third-order valence-electron chi connectivity index (χ3n) is 2.44. The fourth-order valence-corrected chi connectivity index (χ4v) is 1.63. The highest BCUT2D eigenvalue weighted by molar-refractivity contribution is 4.80. The van der Waals surface area contributed by atoms with Gasteiger partial charge >= 0.3 is 0 Å². The summed E-state index contributed by atoms with van der Waals surface area (Å²) in [7, 11) is 0. The molecule has 0 aromatic rings. The Morgan fingerprint density at radius 3 is 2.55 bits per heavy atom. The van der Waals surface area contributed by atoms with Crippen LogP contribution in [0.5, 0.6) is 0 Å². The van der Waals surface area contributed by atoms with Crippen LogP contribution in [0.4, 0.5) is 0 Å². The molecule has 1 unspecified atom stereocenters. The van der Waals surface area contributed by atoms with E-state index in [9.17, 15) is 5.11 Å². The molecule has 1 fully saturated rings. The van der Waals surface area contributed by atoms with Crippen molar-refractivity contribution in [3.63, 3.8) is 0 Å². The molecule has 0 radical (unpaired) electrons. The van der Waals surface area contributed by atoms with Crippen molar-refractivity contribution in [3.05, 3.63) is 0 Å². The average Bonchev–Trinajstić information content (AvgIpc) is 2.05. The molecular formula is C9H19NO. The maximum atomic E-state index is 9.69. The molecule has 0 aromatic heterocycles. The van der Waals surface area contributed by atoms with Crippen molar-refractivity contribution >= 4 is 0 Å². The first-order valence-corrected chi connectivity index (χ1v) is 4.63. The van der Waals surface area contributed by atoms with Crippen molar-refractivity contribution in [2.75, 3.05) is 6.54 Å². The highest BCUT2D eigenvalue weighted by atomic mass is 16.3. The second-order valence-electron chi connectivity index (χ2n) is 3.79. The van der Waals surface area contributed by atoms with Crippen molar-refractivity contribution in [1.82, 2.24) is 5.32 Å². The van der Waals surface area contributed by atoms with Crippen LogP contribution >= 0.6 is 0 Å². The van der Waals surface area contributed by atoms with Gasteiger partial charge in [-0.15, -0.1) is 0 Å². The summed E-state index contributed by atoms with van der Waals surface area (Å²) in [5, 5.41) is 13.0. The van der Waals surface area contributed by atoms with Crippen LogP contribution < -0.4 is 5.32 Å². The van der Waals surface area contributed by atoms with Gasteiger partial charge in [0.15, 0.2) is 0 Å². The highest BCUT2D eigenvalue weighted by Crippen LogP contribution is 2.15. The zero-order chi connectivity index (χ0) is 8.27. The van der Waals surface area contributed by atoms with Gasteiger partial charge in [0.05, 0.1) is 6.10 Å². The van der Waals surface area contributed by atoms with Gasteiger partial charge in [-0.25, -0.2) is 0 Å². The molecule has 11 heavy (non-hydrogen) atoms. The quantitative estimate of drug-likeness (QED) is 0.630. The Labute approximate surface area is 69.0 Å². The lowest BCUT2D eigenvalue weighted by Crippen LogP contribution is -2.45. The number of rotatable bonds is 2. The minimum atomic E-state index is -0.157. The van der Waals surface area contributed by atoms with Crippen molar-refractivity contribution in [2.45, 2.75) is 45.3 Å². The summed E-state index contributed by atoms with van der Waals surface area (Å²) < 4.78 is 0. The van der Waals surface area contributed by atoms with Crippen molar-refractivity contribution in [2.24, 2.45) is 5.92 Å². The lowest BCUT2D eigenvalue weighted by Gasteiger charge is -2.30.